The van der Waals surface area contributed by atoms with E-state index in [1.165, 1.54) is 0 Å². The van der Waals surface area contributed by atoms with Gasteiger partial charge in [0.2, 0.25) is 0 Å². The highest BCUT2D eigenvalue weighted by atomic mass is 35.5. The predicted octanol–water partition coefficient (Wildman–Crippen LogP) is 3.97. The van der Waals surface area contributed by atoms with Crippen LogP contribution < -0.4 is 0 Å². The highest BCUT2D eigenvalue weighted by Crippen LogP contribution is 2.29. The van der Waals surface area contributed by atoms with Crippen molar-refractivity contribution in [2.75, 3.05) is 6.54 Å². The fraction of sp³-hybridized carbons (Fsp3) is 0.389. The molecule has 1 saturated heterocycles. The number of furan rings is 1. The van der Waals surface area contributed by atoms with E-state index in [4.69, 9.17) is 16.0 Å². The molecule has 4 nitrogen and oxygen atoms in total. The van der Waals surface area contributed by atoms with Crippen molar-refractivity contribution in [3.05, 3.63) is 58.5 Å². The van der Waals surface area contributed by atoms with Crippen LogP contribution in [0.5, 0.6) is 0 Å². The van der Waals surface area contributed by atoms with E-state index in [1.54, 1.807) is 30.5 Å². The number of nitrogens with zero attached hydrogens (tertiary/aromatic N) is 1. The maximum Gasteiger partial charge on any atom is 0.254 e. The molecule has 2 aromatic rings. The maximum absolute atomic E-state index is 12.8. The largest absolute Gasteiger partial charge is 0.467 e. The van der Waals surface area contributed by atoms with Gasteiger partial charge in [-0.1, -0.05) is 11.6 Å². The van der Waals surface area contributed by atoms with Crippen LogP contribution in [0.2, 0.25) is 5.02 Å². The molecule has 0 radical (unpaired) electrons. The SMILES string of the molecule is Cc1cc(C(=O)N2CCCC2CC(O)c2ccco2)ccc1Cl. The van der Waals surface area contributed by atoms with Crippen molar-refractivity contribution in [2.24, 2.45) is 0 Å². The number of carbonyl (C=O) groups is 1. The number of aliphatic hydroxyl groups is 1. The van der Waals surface area contributed by atoms with Gasteiger partial charge in [0.1, 0.15) is 11.9 Å². The third-order valence-electron chi connectivity index (χ3n) is 4.41. The van der Waals surface area contributed by atoms with Gasteiger partial charge >= 0.3 is 0 Å². The topological polar surface area (TPSA) is 53.7 Å². The summed E-state index contributed by atoms with van der Waals surface area (Å²) in [4.78, 5) is 14.6. The zero-order valence-corrected chi connectivity index (χ0v) is 13.8. The van der Waals surface area contributed by atoms with Crippen LogP contribution in [0.25, 0.3) is 0 Å². The molecule has 1 aromatic heterocycles. The Morgan fingerprint density at radius 1 is 1.48 bits per heavy atom. The van der Waals surface area contributed by atoms with E-state index in [9.17, 15) is 9.90 Å². The van der Waals surface area contributed by atoms with Crippen LogP contribution >= 0.6 is 11.6 Å². The monoisotopic (exact) mass is 333 g/mol. The van der Waals surface area contributed by atoms with E-state index >= 15 is 0 Å². The number of aryl methyl sites for hydroxylation is 1. The highest BCUT2D eigenvalue weighted by molar-refractivity contribution is 6.31. The van der Waals surface area contributed by atoms with Crippen LogP contribution in [-0.4, -0.2) is 28.5 Å². The van der Waals surface area contributed by atoms with E-state index in [2.05, 4.69) is 0 Å². The smallest absolute Gasteiger partial charge is 0.254 e. The molecule has 1 amide bonds. The third kappa shape index (κ3) is 3.43. The van der Waals surface area contributed by atoms with Crippen LogP contribution in [-0.2, 0) is 0 Å². The lowest BCUT2D eigenvalue weighted by Crippen LogP contribution is -2.36. The third-order valence-corrected chi connectivity index (χ3v) is 4.83. The minimum absolute atomic E-state index is 0.00101. The highest BCUT2D eigenvalue weighted by Gasteiger charge is 2.31. The zero-order valence-electron chi connectivity index (χ0n) is 13.0. The molecular weight excluding hydrogens is 314 g/mol. The van der Waals surface area contributed by atoms with Gasteiger partial charge in [-0.05, 0) is 55.7 Å². The van der Waals surface area contributed by atoms with Crippen molar-refractivity contribution in [1.29, 1.82) is 0 Å². The zero-order chi connectivity index (χ0) is 16.4. The number of halogens is 1. The minimum Gasteiger partial charge on any atom is -0.467 e. The average molecular weight is 334 g/mol. The lowest BCUT2D eigenvalue weighted by molar-refractivity contribution is 0.0641. The summed E-state index contributed by atoms with van der Waals surface area (Å²) in [6.45, 7) is 2.61. The van der Waals surface area contributed by atoms with E-state index in [1.807, 2.05) is 17.9 Å². The summed E-state index contributed by atoms with van der Waals surface area (Å²) in [6, 6.07) is 8.88. The van der Waals surface area contributed by atoms with Gasteiger partial charge in [-0.15, -0.1) is 0 Å². The van der Waals surface area contributed by atoms with Crippen LogP contribution in [0.1, 0.15) is 47.0 Å². The number of hydrogen-bond acceptors (Lipinski definition) is 3. The molecule has 122 valence electrons. The van der Waals surface area contributed by atoms with Crippen LogP contribution in [0, 0.1) is 6.92 Å². The molecule has 3 rings (SSSR count). The molecule has 2 unspecified atom stereocenters. The first-order valence-corrected chi connectivity index (χ1v) is 8.22. The van der Waals surface area contributed by atoms with E-state index < -0.39 is 6.10 Å². The standard InChI is InChI=1S/C18H20ClNO3/c1-12-10-13(6-7-15(12)19)18(22)20-8-2-4-14(20)11-16(21)17-5-3-9-23-17/h3,5-7,9-10,14,16,21H,2,4,8,11H2,1H3. The lowest BCUT2D eigenvalue weighted by atomic mass is 10.0. The Morgan fingerprint density at radius 3 is 3.00 bits per heavy atom. The number of carbonyl (C=O) groups excluding carboxylic acids is 1. The number of benzene rings is 1. The molecule has 2 heterocycles. The van der Waals surface area contributed by atoms with Crippen molar-refractivity contribution in [3.63, 3.8) is 0 Å². The normalized spacial score (nSPS) is 19.1. The molecule has 0 saturated carbocycles. The number of rotatable bonds is 4. The molecule has 0 spiro atoms. The van der Waals surface area contributed by atoms with E-state index in [0.717, 1.165) is 24.9 Å². The second-order valence-electron chi connectivity index (χ2n) is 6.03. The molecule has 1 aliphatic rings. The predicted molar refractivity (Wildman–Crippen MR) is 88.5 cm³/mol. The minimum atomic E-state index is -0.685. The molecule has 0 bridgehead atoms. The van der Waals surface area contributed by atoms with Crippen molar-refractivity contribution >= 4 is 17.5 Å². The fourth-order valence-corrected chi connectivity index (χ4v) is 3.26. The Balaban J connectivity index is 1.73. The summed E-state index contributed by atoms with van der Waals surface area (Å²) >= 11 is 6.03. The van der Waals surface area contributed by atoms with Crippen LogP contribution in [0.15, 0.2) is 41.0 Å². The van der Waals surface area contributed by atoms with Gasteiger partial charge in [-0.25, -0.2) is 0 Å². The van der Waals surface area contributed by atoms with Crippen molar-refractivity contribution < 1.29 is 14.3 Å². The lowest BCUT2D eigenvalue weighted by Gasteiger charge is -2.26. The summed E-state index contributed by atoms with van der Waals surface area (Å²) in [5, 5.41) is 10.9. The maximum atomic E-state index is 12.8. The number of amides is 1. The Hall–Kier alpha value is -1.78. The first-order chi connectivity index (χ1) is 11.1. The summed E-state index contributed by atoms with van der Waals surface area (Å²) in [5.74, 6) is 0.547. The molecule has 2 atom stereocenters. The summed E-state index contributed by atoms with van der Waals surface area (Å²) in [7, 11) is 0. The quantitative estimate of drug-likeness (QED) is 0.921. The van der Waals surface area contributed by atoms with Gasteiger partial charge in [0.15, 0.2) is 0 Å². The molecule has 5 heteroatoms. The van der Waals surface area contributed by atoms with Gasteiger partial charge in [-0.3, -0.25) is 4.79 Å². The number of hydrogen-bond donors (Lipinski definition) is 1. The summed E-state index contributed by atoms with van der Waals surface area (Å²) in [6.07, 6.45) is 3.21. The van der Waals surface area contributed by atoms with Crippen molar-refractivity contribution in [2.45, 2.75) is 38.3 Å². The van der Waals surface area contributed by atoms with Crippen molar-refractivity contribution in [3.8, 4) is 0 Å². The van der Waals surface area contributed by atoms with Gasteiger partial charge in [-0.2, -0.15) is 0 Å². The molecule has 23 heavy (non-hydrogen) atoms. The fourth-order valence-electron chi connectivity index (χ4n) is 3.15. The Labute approximate surface area is 140 Å². The van der Waals surface area contributed by atoms with Gasteiger partial charge in [0, 0.05) is 29.6 Å². The first-order valence-electron chi connectivity index (χ1n) is 7.85. The summed E-state index contributed by atoms with van der Waals surface area (Å²) in [5.41, 5.74) is 1.54. The number of likely N-dealkylation sites (tertiary alicyclic amines) is 1. The molecule has 1 aromatic carbocycles. The Bertz CT molecular complexity index is 684. The van der Waals surface area contributed by atoms with Crippen LogP contribution in [0.4, 0.5) is 0 Å². The van der Waals surface area contributed by atoms with E-state index in [-0.39, 0.29) is 11.9 Å². The second-order valence-corrected chi connectivity index (χ2v) is 6.43. The Kier molecular flexibility index (Phi) is 4.74. The van der Waals surface area contributed by atoms with Crippen molar-refractivity contribution in [1.82, 2.24) is 4.90 Å². The molecule has 1 fully saturated rings. The van der Waals surface area contributed by atoms with Gasteiger partial charge < -0.3 is 14.4 Å². The molecule has 1 N–H and O–H groups in total. The summed E-state index contributed by atoms with van der Waals surface area (Å²) < 4.78 is 5.25. The molecular formula is C18H20ClNO3. The molecule has 0 aliphatic carbocycles. The van der Waals surface area contributed by atoms with Gasteiger partial charge in [0.05, 0.1) is 6.26 Å². The molecule has 1 aliphatic heterocycles. The number of aliphatic hydroxyl groups excluding tert-OH is 1. The average Bonchev–Trinajstić information content (AvgIpc) is 3.20. The second kappa shape index (κ2) is 6.77. The Morgan fingerprint density at radius 2 is 2.30 bits per heavy atom. The van der Waals surface area contributed by atoms with Gasteiger partial charge in [0.25, 0.3) is 5.91 Å². The first kappa shape index (κ1) is 16.1. The van der Waals surface area contributed by atoms with E-state index in [0.29, 0.717) is 22.8 Å². The van der Waals surface area contributed by atoms with Crippen LogP contribution in [0.3, 0.4) is 0 Å².